The van der Waals surface area contributed by atoms with Gasteiger partial charge in [0.05, 0.1) is 0 Å². The van der Waals surface area contributed by atoms with Gasteiger partial charge in [0, 0.05) is 25.6 Å². The number of aryl methyl sites for hydroxylation is 1. The van der Waals surface area contributed by atoms with Crippen LogP contribution in [0.5, 0.6) is 0 Å². The number of hydrazine groups is 1. The fourth-order valence-corrected chi connectivity index (χ4v) is 1.70. The molecule has 5 N–H and O–H groups in total. The van der Waals surface area contributed by atoms with Crippen molar-refractivity contribution in [3.63, 3.8) is 0 Å². The summed E-state index contributed by atoms with van der Waals surface area (Å²) in [5.41, 5.74) is 2.54. The molecule has 0 radical (unpaired) electrons. The first-order valence-electron chi connectivity index (χ1n) is 6.42. The summed E-state index contributed by atoms with van der Waals surface area (Å²) in [6.45, 7) is 5.13. The molecule has 1 atom stereocenters. The van der Waals surface area contributed by atoms with Gasteiger partial charge in [0.2, 0.25) is 0 Å². The number of aromatic nitrogens is 2. The number of nitrogens with two attached hydrogens (primary N) is 1. The molecular formula is C12H23N5O. The standard InChI is InChI=1S/C12H23N5O/c1-3-9(5-6-18)8-14-11-7-12(17-13)16-10(4-2)15-11/h7,9,18H,3-6,8,13H2,1-2H3,(H2,14,15,16,17). The lowest BCUT2D eigenvalue weighted by Crippen LogP contribution is -2.17. The maximum Gasteiger partial charge on any atom is 0.145 e. The summed E-state index contributed by atoms with van der Waals surface area (Å²) in [6, 6.07) is 1.78. The summed E-state index contributed by atoms with van der Waals surface area (Å²) >= 11 is 0. The Morgan fingerprint density at radius 1 is 1.33 bits per heavy atom. The third-order valence-corrected chi connectivity index (χ3v) is 2.92. The maximum atomic E-state index is 8.95. The minimum absolute atomic E-state index is 0.222. The average Bonchev–Trinajstić information content (AvgIpc) is 2.42. The van der Waals surface area contributed by atoms with E-state index in [0.29, 0.717) is 11.7 Å². The second kappa shape index (κ2) is 7.84. The molecule has 0 fully saturated rings. The van der Waals surface area contributed by atoms with Crippen LogP contribution >= 0.6 is 0 Å². The number of anilines is 2. The van der Waals surface area contributed by atoms with E-state index in [2.05, 4.69) is 27.6 Å². The molecule has 0 aliphatic heterocycles. The zero-order valence-corrected chi connectivity index (χ0v) is 11.1. The Morgan fingerprint density at radius 2 is 2.06 bits per heavy atom. The summed E-state index contributed by atoms with van der Waals surface area (Å²) in [6.07, 6.45) is 2.59. The van der Waals surface area contributed by atoms with Crippen molar-refractivity contribution in [1.82, 2.24) is 9.97 Å². The van der Waals surface area contributed by atoms with Crippen LogP contribution in [0.2, 0.25) is 0 Å². The number of nitrogens with one attached hydrogen (secondary N) is 2. The highest BCUT2D eigenvalue weighted by Crippen LogP contribution is 2.13. The zero-order chi connectivity index (χ0) is 13.4. The smallest absolute Gasteiger partial charge is 0.145 e. The Balaban J connectivity index is 2.65. The van der Waals surface area contributed by atoms with Crippen molar-refractivity contribution >= 4 is 11.6 Å². The Bertz CT molecular complexity index is 336. The predicted molar refractivity (Wildman–Crippen MR) is 73.2 cm³/mol. The van der Waals surface area contributed by atoms with Crippen molar-refractivity contribution in [2.24, 2.45) is 11.8 Å². The van der Waals surface area contributed by atoms with Gasteiger partial charge in [0.1, 0.15) is 17.5 Å². The van der Waals surface area contributed by atoms with Crippen LogP contribution in [-0.2, 0) is 6.42 Å². The van der Waals surface area contributed by atoms with Gasteiger partial charge >= 0.3 is 0 Å². The van der Waals surface area contributed by atoms with Crippen LogP contribution in [0.15, 0.2) is 6.07 Å². The summed E-state index contributed by atoms with van der Waals surface area (Å²) in [5.74, 6) is 7.95. The molecule has 0 aliphatic carbocycles. The number of hydrogen-bond acceptors (Lipinski definition) is 6. The lowest BCUT2D eigenvalue weighted by atomic mass is 10.0. The monoisotopic (exact) mass is 253 g/mol. The largest absolute Gasteiger partial charge is 0.396 e. The molecule has 6 nitrogen and oxygen atoms in total. The molecule has 1 aromatic heterocycles. The number of nitrogen functional groups attached to an aromatic ring is 1. The molecular weight excluding hydrogens is 230 g/mol. The summed E-state index contributed by atoms with van der Waals surface area (Å²) in [5, 5.41) is 12.2. The van der Waals surface area contributed by atoms with Crippen molar-refractivity contribution in [3.8, 4) is 0 Å². The molecule has 18 heavy (non-hydrogen) atoms. The van der Waals surface area contributed by atoms with E-state index in [0.717, 1.165) is 37.4 Å². The molecule has 0 saturated carbocycles. The second-order valence-electron chi connectivity index (χ2n) is 4.22. The van der Waals surface area contributed by atoms with Crippen LogP contribution in [0.4, 0.5) is 11.6 Å². The fourth-order valence-electron chi connectivity index (χ4n) is 1.70. The molecule has 0 bridgehead atoms. The number of hydrogen-bond donors (Lipinski definition) is 4. The normalized spacial score (nSPS) is 12.2. The number of aliphatic hydroxyl groups is 1. The highest BCUT2D eigenvalue weighted by atomic mass is 16.3. The van der Waals surface area contributed by atoms with E-state index in [9.17, 15) is 0 Å². The van der Waals surface area contributed by atoms with Gasteiger partial charge in [-0.2, -0.15) is 0 Å². The molecule has 6 heteroatoms. The van der Waals surface area contributed by atoms with Crippen LogP contribution in [0.25, 0.3) is 0 Å². The minimum Gasteiger partial charge on any atom is -0.396 e. The van der Waals surface area contributed by atoms with Crippen LogP contribution in [0.1, 0.15) is 32.5 Å². The Morgan fingerprint density at radius 3 is 2.61 bits per heavy atom. The first-order chi connectivity index (χ1) is 8.73. The highest BCUT2D eigenvalue weighted by Gasteiger charge is 2.07. The summed E-state index contributed by atoms with van der Waals surface area (Å²) in [7, 11) is 0. The van der Waals surface area contributed by atoms with Gasteiger partial charge in [-0.05, 0) is 12.3 Å². The fraction of sp³-hybridized carbons (Fsp3) is 0.667. The third-order valence-electron chi connectivity index (χ3n) is 2.92. The SMILES string of the molecule is CCc1nc(NN)cc(NCC(CC)CCO)n1. The average molecular weight is 253 g/mol. The number of nitrogens with zero attached hydrogens (tertiary/aromatic N) is 2. The highest BCUT2D eigenvalue weighted by molar-refractivity contribution is 5.46. The lowest BCUT2D eigenvalue weighted by molar-refractivity contribution is 0.258. The predicted octanol–water partition coefficient (Wildman–Crippen LogP) is 1.15. The van der Waals surface area contributed by atoms with Crippen LogP contribution in [0, 0.1) is 5.92 Å². The van der Waals surface area contributed by atoms with Crippen LogP contribution < -0.4 is 16.6 Å². The first kappa shape index (κ1) is 14.7. The molecule has 0 aromatic carbocycles. The van der Waals surface area contributed by atoms with E-state index in [1.54, 1.807) is 6.07 Å². The van der Waals surface area contributed by atoms with E-state index >= 15 is 0 Å². The quantitative estimate of drug-likeness (QED) is 0.410. The third kappa shape index (κ3) is 4.46. The molecule has 0 saturated heterocycles. The lowest BCUT2D eigenvalue weighted by Gasteiger charge is -2.15. The molecule has 1 rings (SSSR count). The summed E-state index contributed by atoms with van der Waals surface area (Å²) in [4.78, 5) is 8.61. The Hall–Kier alpha value is -1.40. The van der Waals surface area contributed by atoms with Crippen molar-refractivity contribution < 1.29 is 5.11 Å². The number of rotatable bonds is 8. The van der Waals surface area contributed by atoms with Crippen LogP contribution in [-0.4, -0.2) is 28.2 Å². The van der Waals surface area contributed by atoms with Gasteiger partial charge in [-0.3, -0.25) is 0 Å². The topological polar surface area (TPSA) is 96.1 Å². The van der Waals surface area contributed by atoms with Gasteiger partial charge in [0.15, 0.2) is 0 Å². The first-order valence-corrected chi connectivity index (χ1v) is 6.42. The second-order valence-corrected chi connectivity index (χ2v) is 4.22. The number of aliphatic hydroxyl groups excluding tert-OH is 1. The Kier molecular flexibility index (Phi) is 6.38. The molecule has 102 valence electrons. The minimum atomic E-state index is 0.222. The van der Waals surface area contributed by atoms with E-state index in [4.69, 9.17) is 10.9 Å². The van der Waals surface area contributed by atoms with Crippen molar-refractivity contribution in [3.05, 3.63) is 11.9 Å². The van der Waals surface area contributed by atoms with E-state index in [1.807, 2.05) is 6.92 Å². The molecule has 0 spiro atoms. The van der Waals surface area contributed by atoms with E-state index in [-0.39, 0.29) is 6.61 Å². The zero-order valence-electron chi connectivity index (χ0n) is 11.1. The van der Waals surface area contributed by atoms with E-state index in [1.165, 1.54) is 0 Å². The van der Waals surface area contributed by atoms with Crippen molar-refractivity contribution in [2.45, 2.75) is 33.1 Å². The van der Waals surface area contributed by atoms with E-state index < -0.39 is 0 Å². The van der Waals surface area contributed by atoms with Gasteiger partial charge in [0.25, 0.3) is 0 Å². The van der Waals surface area contributed by atoms with Gasteiger partial charge in [-0.25, -0.2) is 15.8 Å². The molecule has 0 amide bonds. The van der Waals surface area contributed by atoms with Crippen LogP contribution in [0.3, 0.4) is 0 Å². The molecule has 0 aliphatic rings. The summed E-state index contributed by atoms with van der Waals surface area (Å²) < 4.78 is 0. The van der Waals surface area contributed by atoms with Gasteiger partial charge < -0.3 is 15.8 Å². The molecule has 1 heterocycles. The van der Waals surface area contributed by atoms with Crippen molar-refractivity contribution in [1.29, 1.82) is 0 Å². The maximum absolute atomic E-state index is 8.95. The molecule has 1 aromatic rings. The Labute approximate surface area is 108 Å². The van der Waals surface area contributed by atoms with Gasteiger partial charge in [-0.1, -0.05) is 20.3 Å². The molecule has 1 unspecified atom stereocenters. The van der Waals surface area contributed by atoms with Gasteiger partial charge in [-0.15, -0.1) is 0 Å². The van der Waals surface area contributed by atoms with Crippen molar-refractivity contribution in [2.75, 3.05) is 23.9 Å².